The van der Waals surface area contributed by atoms with Gasteiger partial charge in [-0.25, -0.2) is 0 Å². The van der Waals surface area contributed by atoms with Gasteiger partial charge in [0.1, 0.15) is 0 Å². The Hall–Kier alpha value is 1.29. The molecule has 0 N–H and O–H groups in total. The largest absolute Gasteiger partial charge is 0.361 e. The average Bonchev–Trinajstić information content (AvgIpc) is 2.51. The van der Waals surface area contributed by atoms with Crippen molar-refractivity contribution in [1.29, 1.82) is 0 Å². The quantitative estimate of drug-likeness (QED) is 0.322. The average molecular weight is 558 g/mol. The highest BCUT2D eigenvalue weighted by Gasteiger charge is 2.33. The minimum atomic E-state index is -3.37. The van der Waals surface area contributed by atoms with Crippen molar-refractivity contribution in [3.63, 3.8) is 0 Å². The molecule has 0 aliphatic carbocycles. The number of halogens is 4. The van der Waals surface area contributed by atoms with Crippen LogP contribution in [-0.2, 0) is 13.6 Å². The van der Waals surface area contributed by atoms with Crippen molar-refractivity contribution in [2.24, 2.45) is 0 Å². The number of hydrogen-bond acceptors (Lipinski definition) is 3. The van der Waals surface area contributed by atoms with Crippen molar-refractivity contribution in [3.8, 4) is 0 Å². The summed E-state index contributed by atoms with van der Waals surface area (Å²) in [7, 11) is -3.37. The molecule has 0 bridgehead atoms. The van der Waals surface area contributed by atoms with E-state index < -0.39 is 7.60 Å². The number of benzene rings is 1. The van der Waals surface area contributed by atoms with Gasteiger partial charge in [0.15, 0.2) is 0 Å². The fourth-order valence-electron chi connectivity index (χ4n) is 1.34. The number of hydrogen-bond donors (Lipinski definition) is 0. The molecule has 1 aromatic rings. The molecule has 0 atom stereocenters. The molecule has 0 unspecified atom stereocenters. The molecule has 1 aromatic carbocycles. The lowest BCUT2D eigenvalue weighted by molar-refractivity contribution is 0.159. The van der Waals surface area contributed by atoms with Crippen LogP contribution in [0.15, 0.2) is 30.3 Å². The van der Waals surface area contributed by atoms with Gasteiger partial charge in [0, 0.05) is 21.3 Å². The van der Waals surface area contributed by atoms with Crippen molar-refractivity contribution in [3.05, 3.63) is 30.3 Å². The first-order valence-electron chi connectivity index (χ1n) is 5.86. The maximum Gasteiger partial charge on any atom is 0.361 e. The van der Waals surface area contributed by atoms with Gasteiger partial charge in [-0.1, -0.05) is 81.9 Å². The summed E-state index contributed by atoms with van der Waals surface area (Å²) in [4.78, 5) is 0. The Balaban J connectivity index is 3.02. The summed E-state index contributed by atoms with van der Waals surface area (Å²) in [5.74, 6) is 0. The van der Waals surface area contributed by atoms with Gasteiger partial charge in [0.25, 0.3) is 0 Å². The normalized spacial score (nSPS) is 12.3. The second-order valence-corrected chi connectivity index (χ2v) is 8.43. The zero-order valence-electron chi connectivity index (χ0n) is 10.6. The van der Waals surface area contributed by atoms with Crippen LogP contribution in [0.3, 0.4) is 0 Å². The van der Waals surface area contributed by atoms with Crippen molar-refractivity contribution in [2.75, 3.05) is 21.3 Å². The first-order chi connectivity index (χ1) is 9.59. The van der Waals surface area contributed by atoms with Crippen LogP contribution in [0.25, 0.3) is 0 Å². The summed E-state index contributed by atoms with van der Waals surface area (Å²) in [6.07, 6.45) is -0.459. The van der Waals surface area contributed by atoms with E-state index >= 15 is 0 Å². The summed E-state index contributed by atoms with van der Waals surface area (Å²) in [5, 5.41) is 2.87. The van der Waals surface area contributed by atoms with E-state index in [2.05, 4.69) is 63.7 Å². The summed E-state index contributed by atoms with van der Waals surface area (Å²) >= 11 is 13.4. The first-order valence-corrected chi connectivity index (χ1v) is 11.9. The van der Waals surface area contributed by atoms with E-state index in [-0.39, 0.29) is 12.2 Å². The van der Waals surface area contributed by atoms with Gasteiger partial charge in [-0.2, -0.15) is 0 Å². The zero-order valence-corrected chi connectivity index (χ0v) is 17.8. The molecule has 0 saturated carbocycles. The molecular weight excluding hydrogens is 543 g/mol. The highest BCUT2D eigenvalue weighted by atomic mass is 79.9. The zero-order chi connectivity index (χ0) is 15.0. The van der Waals surface area contributed by atoms with Crippen LogP contribution in [0, 0.1) is 0 Å². The third kappa shape index (κ3) is 5.82. The topological polar surface area (TPSA) is 35.5 Å². The van der Waals surface area contributed by atoms with E-state index in [1.54, 1.807) is 12.1 Å². The summed E-state index contributed by atoms with van der Waals surface area (Å²) in [5.41, 5.74) is 0. The second-order valence-electron chi connectivity index (χ2n) is 3.91. The Kier molecular flexibility index (Phi) is 9.80. The first kappa shape index (κ1) is 19.3. The Labute approximate surface area is 153 Å². The second kappa shape index (κ2) is 10.1. The van der Waals surface area contributed by atoms with Gasteiger partial charge in [-0.15, -0.1) is 0 Å². The maximum absolute atomic E-state index is 13.1. The van der Waals surface area contributed by atoms with Crippen LogP contribution < -0.4 is 5.30 Å². The predicted molar refractivity (Wildman–Crippen MR) is 98.6 cm³/mol. The molecular formula is C12H15Br4O3P. The van der Waals surface area contributed by atoms with Crippen LogP contribution >= 0.6 is 71.3 Å². The van der Waals surface area contributed by atoms with Crippen molar-refractivity contribution in [1.82, 2.24) is 0 Å². The highest BCUT2D eigenvalue weighted by Crippen LogP contribution is 2.50. The van der Waals surface area contributed by atoms with Gasteiger partial charge in [-0.3, -0.25) is 4.57 Å². The van der Waals surface area contributed by atoms with E-state index in [4.69, 9.17) is 9.05 Å². The molecule has 8 heteroatoms. The minimum Gasteiger partial charge on any atom is -0.300 e. The third-order valence-electron chi connectivity index (χ3n) is 2.34. The predicted octanol–water partition coefficient (Wildman–Crippen LogP) is 4.86. The molecule has 0 amide bonds. The van der Waals surface area contributed by atoms with Gasteiger partial charge in [0.05, 0.1) is 17.5 Å². The molecule has 0 radical (unpaired) electrons. The summed E-state index contributed by atoms with van der Waals surface area (Å²) in [6.45, 7) is 0. The Morgan fingerprint density at radius 2 is 1.25 bits per heavy atom. The molecule has 1 rings (SSSR count). The van der Waals surface area contributed by atoms with E-state index in [1.165, 1.54) is 0 Å². The Morgan fingerprint density at radius 3 is 1.60 bits per heavy atom. The molecule has 3 nitrogen and oxygen atoms in total. The van der Waals surface area contributed by atoms with Crippen LogP contribution in [0.1, 0.15) is 0 Å². The number of rotatable bonds is 9. The van der Waals surface area contributed by atoms with E-state index in [1.807, 2.05) is 18.2 Å². The smallest absolute Gasteiger partial charge is 0.300 e. The lowest BCUT2D eigenvalue weighted by atomic mass is 10.4. The maximum atomic E-state index is 13.1. The summed E-state index contributed by atoms with van der Waals surface area (Å²) < 4.78 is 24.7. The fourth-order valence-corrected chi connectivity index (χ4v) is 6.75. The molecule has 0 heterocycles. The van der Waals surface area contributed by atoms with E-state index in [9.17, 15) is 4.57 Å². The third-order valence-corrected chi connectivity index (χ3v) is 7.31. The molecule has 0 aromatic heterocycles. The molecule has 0 spiro atoms. The Bertz CT molecular complexity index is 406. The molecule has 0 saturated heterocycles. The highest BCUT2D eigenvalue weighted by molar-refractivity contribution is 9.10. The molecule has 114 valence electrons. The van der Waals surface area contributed by atoms with Crippen LogP contribution in [0.2, 0.25) is 0 Å². The van der Waals surface area contributed by atoms with Crippen LogP contribution in [0.5, 0.6) is 0 Å². The standard InChI is InChI=1S/C12H15Br4O3P/c13-6-10(7-14)18-20(17,19-11(8-15)9-16)12-4-2-1-3-5-12/h1-5,10-11H,6-9H2. The monoisotopic (exact) mass is 554 g/mol. The van der Waals surface area contributed by atoms with E-state index in [0.29, 0.717) is 26.6 Å². The van der Waals surface area contributed by atoms with Crippen molar-refractivity contribution >= 4 is 76.6 Å². The minimum absolute atomic E-state index is 0.229. The van der Waals surface area contributed by atoms with E-state index in [0.717, 1.165) is 0 Å². The summed E-state index contributed by atoms with van der Waals surface area (Å²) in [6, 6.07) is 9.04. The Morgan fingerprint density at radius 1 is 0.850 bits per heavy atom. The van der Waals surface area contributed by atoms with Crippen LogP contribution in [-0.4, -0.2) is 33.5 Å². The molecule has 0 aliphatic heterocycles. The van der Waals surface area contributed by atoms with Gasteiger partial charge < -0.3 is 9.05 Å². The van der Waals surface area contributed by atoms with Gasteiger partial charge in [-0.05, 0) is 12.1 Å². The van der Waals surface area contributed by atoms with Gasteiger partial charge >= 0.3 is 7.60 Å². The lowest BCUT2D eigenvalue weighted by Gasteiger charge is -2.25. The van der Waals surface area contributed by atoms with Crippen molar-refractivity contribution in [2.45, 2.75) is 12.2 Å². The SMILES string of the molecule is O=P(OC(CBr)CBr)(OC(CBr)CBr)c1ccccc1. The molecule has 20 heavy (non-hydrogen) atoms. The molecule has 0 aliphatic rings. The lowest BCUT2D eigenvalue weighted by Crippen LogP contribution is -2.25. The number of alkyl halides is 4. The van der Waals surface area contributed by atoms with Gasteiger partial charge in [0.2, 0.25) is 0 Å². The fraction of sp³-hybridized carbons (Fsp3) is 0.500. The van der Waals surface area contributed by atoms with Crippen LogP contribution in [0.4, 0.5) is 0 Å². The molecule has 0 fully saturated rings. The van der Waals surface area contributed by atoms with Crippen molar-refractivity contribution < 1.29 is 13.6 Å².